The van der Waals surface area contributed by atoms with Gasteiger partial charge in [-0.1, -0.05) is 37.9 Å². The monoisotopic (exact) mass is 855 g/mol. The van der Waals surface area contributed by atoms with Crippen LogP contribution >= 0.6 is 0 Å². The summed E-state index contributed by atoms with van der Waals surface area (Å²) in [6.45, 7) is 12.7. The first kappa shape index (κ1) is 46.6. The first-order chi connectivity index (χ1) is 30.6. The number of nitrogens with zero attached hydrogens (tertiary/aromatic N) is 3. The van der Waals surface area contributed by atoms with Crippen molar-refractivity contribution in [3.8, 4) is 23.0 Å². The van der Waals surface area contributed by atoms with E-state index < -0.39 is 17.9 Å². The lowest BCUT2D eigenvalue weighted by Crippen LogP contribution is -2.30. The fourth-order valence-electron chi connectivity index (χ4n) is 6.01. The van der Waals surface area contributed by atoms with E-state index in [1.54, 1.807) is 48.5 Å². The molecule has 0 aliphatic carbocycles. The normalized spacial score (nSPS) is 11.0. The average Bonchev–Trinajstić information content (AvgIpc) is 3.31. The van der Waals surface area contributed by atoms with Crippen molar-refractivity contribution in [2.24, 2.45) is 16.7 Å². The number of hydrazone groups is 1. The number of carbonyl (C=O) groups is 3. The van der Waals surface area contributed by atoms with E-state index in [0.717, 1.165) is 79.5 Å². The van der Waals surface area contributed by atoms with Gasteiger partial charge in [0.1, 0.15) is 28.8 Å². The van der Waals surface area contributed by atoms with E-state index in [0.29, 0.717) is 60.8 Å². The van der Waals surface area contributed by atoms with Crippen LogP contribution in [0, 0.1) is 0 Å². The van der Waals surface area contributed by atoms with Crippen molar-refractivity contribution in [3.63, 3.8) is 0 Å². The van der Waals surface area contributed by atoms with Gasteiger partial charge in [0, 0.05) is 23.1 Å². The second-order valence-corrected chi connectivity index (χ2v) is 14.1. The standard InChI is InChI=1S/C49H53N5O9/c1-4-46(55)60-32-14-8-6-12-30-58-39-23-18-36(19-24-39)35(3)62-41-27-28-44(42(34-41)48(50)53-54(51)45-29-22-37-16-10-11-17-43(37)52-45)63-49(57)38-20-25-40(26-21-38)59-31-13-7-9-15-33-61-47(56)5-2/h4-5,10-11,16-29,34H,1-3,6-9,12-15,30-33,51H2,(H2,50,53). The van der Waals surface area contributed by atoms with Gasteiger partial charge >= 0.3 is 17.9 Å². The van der Waals surface area contributed by atoms with E-state index in [1.165, 1.54) is 0 Å². The third kappa shape index (κ3) is 15.2. The maximum absolute atomic E-state index is 13.5. The van der Waals surface area contributed by atoms with E-state index in [1.807, 2.05) is 54.6 Å². The van der Waals surface area contributed by atoms with Crippen LogP contribution in [0.15, 0.2) is 140 Å². The van der Waals surface area contributed by atoms with Crippen LogP contribution in [0.3, 0.4) is 0 Å². The van der Waals surface area contributed by atoms with Crippen molar-refractivity contribution in [1.29, 1.82) is 0 Å². The number of amidine groups is 1. The number of para-hydroxylation sites is 1. The van der Waals surface area contributed by atoms with E-state index in [2.05, 4.69) is 29.8 Å². The summed E-state index contributed by atoms with van der Waals surface area (Å²) in [7, 11) is 0. The zero-order valence-corrected chi connectivity index (χ0v) is 35.2. The van der Waals surface area contributed by atoms with Crippen molar-refractivity contribution >= 4 is 46.2 Å². The number of unbranched alkanes of at least 4 members (excludes halogenated alkanes) is 6. The molecule has 0 unspecified atom stereocenters. The number of benzene rings is 4. The summed E-state index contributed by atoms with van der Waals surface area (Å²) in [6, 6.07) is 29.9. The molecule has 0 aliphatic heterocycles. The Kier molecular flexibility index (Phi) is 18.3. The molecule has 5 rings (SSSR count). The molecular weight excluding hydrogens is 803 g/mol. The Morgan fingerprint density at radius 3 is 1.76 bits per heavy atom. The van der Waals surface area contributed by atoms with E-state index in [4.69, 9.17) is 40.0 Å². The molecule has 14 heteroatoms. The van der Waals surface area contributed by atoms with Gasteiger partial charge in [-0.3, -0.25) is 0 Å². The molecule has 0 aliphatic rings. The average molecular weight is 856 g/mol. The van der Waals surface area contributed by atoms with Gasteiger partial charge in [0.05, 0.1) is 43.1 Å². The lowest BCUT2D eigenvalue weighted by atomic mass is 10.1. The molecule has 4 N–H and O–H groups in total. The molecule has 1 heterocycles. The van der Waals surface area contributed by atoms with Crippen LogP contribution in [0.1, 0.15) is 72.9 Å². The SMILES string of the molecule is C=CC(=O)OCCCCCCOc1ccc(C(=C)Oc2ccc(OC(=O)c3ccc(OCCCCCCOC(=O)C=C)cc3)c(/C(N)=N/N(N)c3ccc4ccccc4n3)c2)cc1. The predicted octanol–water partition coefficient (Wildman–Crippen LogP) is 8.84. The summed E-state index contributed by atoms with van der Waals surface area (Å²) < 4.78 is 33.8. The molecule has 0 radical (unpaired) electrons. The number of hydrogen-bond acceptors (Lipinski definition) is 13. The minimum atomic E-state index is -0.638. The molecule has 328 valence electrons. The third-order valence-corrected chi connectivity index (χ3v) is 9.41. The molecule has 0 amide bonds. The number of pyridine rings is 1. The minimum absolute atomic E-state index is 0.0783. The summed E-state index contributed by atoms with van der Waals surface area (Å²) in [5.74, 6) is 7.24. The van der Waals surface area contributed by atoms with Crippen molar-refractivity contribution in [2.75, 3.05) is 31.5 Å². The summed E-state index contributed by atoms with van der Waals surface area (Å²) in [5, 5.41) is 6.37. The van der Waals surface area contributed by atoms with Gasteiger partial charge in [-0.25, -0.2) is 25.2 Å². The van der Waals surface area contributed by atoms with Crippen molar-refractivity contribution in [1.82, 2.24) is 4.98 Å². The van der Waals surface area contributed by atoms with Crippen LogP contribution < -0.4 is 35.6 Å². The number of fused-ring (bicyclic) bond motifs is 1. The lowest BCUT2D eigenvalue weighted by Gasteiger charge is -2.16. The first-order valence-electron chi connectivity index (χ1n) is 20.7. The maximum atomic E-state index is 13.5. The Balaban J connectivity index is 1.21. The molecule has 14 nitrogen and oxygen atoms in total. The van der Waals surface area contributed by atoms with Gasteiger partial charge in [0.15, 0.2) is 11.7 Å². The molecule has 5 aromatic rings. The van der Waals surface area contributed by atoms with Crippen molar-refractivity contribution in [2.45, 2.75) is 51.4 Å². The number of anilines is 1. The Labute approximate surface area is 367 Å². The molecule has 0 saturated heterocycles. The number of esters is 3. The van der Waals surface area contributed by atoms with E-state index in [-0.39, 0.29) is 22.7 Å². The van der Waals surface area contributed by atoms with E-state index >= 15 is 0 Å². The van der Waals surface area contributed by atoms with E-state index in [9.17, 15) is 14.4 Å². The zero-order chi connectivity index (χ0) is 44.8. The summed E-state index contributed by atoms with van der Waals surface area (Å²) in [6.07, 6.45) is 9.21. The molecule has 4 aromatic carbocycles. The van der Waals surface area contributed by atoms with Gasteiger partial charge in [0.2, 0.25) is 0 Å². The van der Waals surface area contributed by atoms with Crippen LogP contribution in [0.2, 0.25) is 0 Å². The predicted molar refractivity (Wildman–Crippen MR) is 243 cm³/mol. The van der Waals surface area contributed by atoms with Crippen LogP contribution in [-0.4, -0.2) is 55.2 Å². The van der Waals surface area contributed by atoms with Crippen molar-refractivity contribution < 1.29 is 42.8 Å². The molecule has 0 saturated carbocycles. The van der Waals surface area contributed by atoms with Gasteiger partial charge in [-0.2, -0.15) is 5.12 Å². The fraction of sp³-hybridized carbons (Fsp3) is 0.245. The summed E-state index contributed by atoms with van der Waals surface area (Å²) in [5.41, 5.74) is 8.51. The number of rotatable bonds is 26. The number of hydrogen-bond donors (Lipinski definition) is 2. The van der Waals surface area contributed by atoms with Gasteiger partial charge in [-0.15, -0.1) is 5.10 Å². The van der Waals surface area contributed by atoms with Gasteiger partial charge < -0.3 is 34.2 Å². The Morgan fingerprint density at radius 2 is 1.17 bits per heavy atom. The van der Waals surface area contributed by atoms with Gasteiger partial charge in [-0.05, 0) is 136 Å². The van der Waals surface area contributed by atoms with Crippen LogP contribution in [-0.2, 0) is 19.1 Å². The number of ether oxygens (including phenoxy) is 6. The highest BCUT2D eigenvalue weighted by atomic mass is 16.5. The lowest BCUT2D eigenvalue weighted by molar-refractivity contribution is -0.138. The molecule has 63 heavy (non-hydrogen) atoms. The second kappa shape index (κ2) is 24.7. The topological polar surface area (TPSA) is 187 Å². The fourth-order valence-corrected chi connectivity index (χ4v) is 6.01. The maximum Gasteiger partial charge on any atom is 0.343 e. The summed E-state index contributed by atoms with van der Waals surface area (Å²) in [4.78, 5) is 40.3. The summed E-state index contributed by atoms with van der Waals surface area (Å²) >= 11 is 0. The van der Waals surface area contributed by atoms with Gasteiger partial charge in [0.25, 0.3) is 0 Å². The van der Waals surface area contributed by atoms with Crippen LogP contribution in [0.4, 0.5) is 5.82 Å². The Hall–Kier alpha value is -7.45. The molecule has 1 aromatic heterocycles. The third-order valence-electron chi connectivity index (χ3n) is 9.41. The zero-order valence-electron chi connectivity index (χ0n) is 35.2. The number of nitrogens with two attached hydrogens (primary N) is 2. The Morgan fingerprint density at radius 1 is 0.635 bits per heavy atom. The quantitative estimate of drug-likeness (QED) is 0.00619. The molecule has 0 spiro atoms. The highest BCUT2D eigenvalue weighted by Crippen LogP contribution is 2.29. The first-order valence-corrected chi connectivity index (χ1v) is 20.7. The van der Waals surface area contributed by atoms with Crippen molar-refractivity contribution in [3.05, 3.63) is 152 Å². The van der Waals surface area contributed by atoms with Crippen LogP contribution in [0.5, 0.6) is 23.0 Å². The number of hydrazine groups is 1. The largest absolute Gasteiger partial charge is 0.494 e. The van der Waals surface area contributed by atoms with Crippen LogP contribution in [0.25, 0.3) is 16.7 Å². The molecule has 0 fully saturated rings. The number of aromatic nitrogens is 1. The highest BCUT2D eigenvalue weighted by molar-refractivity contribution is 6.02. The smallest absolute Gasteiger partial charge is 0.343 e. The molecule has 0 atom stereocenters. The minimum Gasteiger partial charge on any atom is -0.494 e. The Bertz CT molecular complexity index is 2360. The number of carbonyl (C=O) groups excluding carboxylic acids is 3. The molecule has 0 bridgehead atoms. The second-order valence-electron chi connectivity index (χ2n) is 14.1. The highest BCUT2D eigenvalue weighted by Gasteiger charge is 2.18. The molecular formula is C49H53N5O9.